The molecule has 0 atom stereocenters. The van der Waals surface area contributed by atoms with Crippen molar-refractivity contribution in [3.63, 3.8) is 0 Å². The fraction of sp³-hybridized carbons (Fsp3) is 0.182. The van der Waals surface area contributed by atoms with Crippen LogP contribution < -0.4 is 20.7 Å². The third kappa shape index (κ3) is 5.12. The van der Waals surface area contributed by atoms with Gasteiger partial charge in [-0.25, -0.2) is 9.37 Å². The highest BCUT2D eigenvalue weighted by atomic mass is 35.5. The standard InChI is InChI=1S/C22H21ClFN7O2/c1-25-20(32)7-8-31-18-10-15(4-3-13(18)11-27-31)29-22-26-12-17(24)21(30-22)28-14-5-6-19(33-2)16(23)9-14/h3-6,9-12H,7-8H2,1-2H3,(H,25,32)(H2,26,28,29,30). The van der Waals surface area contributed by atoms with Crippen molar-refractivity contribution in [2.45, 2.75) is 13.0 Å². The molecule has 0 saturated heterocycles. The zero-order chi connectivity index (χ0) is 23.4. The van der Waals surface area contributed by atoms with Gasteiger partial charge >= 0.3 is 0 Å². The van der Waals surface area contributed by atoms with E-state index in [1.54, 1.807) is 36.1 Å². The molecule has 0 aliphatic heterocycles. The minimum atomic E-state index is -0.616. The number of methoxy groups -OCH3 is 1. The molecule has 1 amide bonds. The summed E-state index contributed by atoms with van der Waals surface area (Å²) in [4.78, 5) is 19.8. The predicted octanol–water partition coefficient (Wildman–Crippen LogP) is 4.25. The monoisotopic (exact) mass is 469 g/mol. The summed E-state index contributed by atoms with van der Waals surface area (Å²) in [7, 11) is 3.11. The minimum Gasteiger partial charge on any atom is -0.495 e. The lowest BCUT2D eigenvalue weighted by molar-refractivity contribution is -0.120. The quantitative estimate of drug-likeness (QED) is 0.354. The first-order valence-corrected chi connectivity index (χ1v) is 10.4. The molecule has 2 heterocycles. The van der Waals surface area contributed by atoms with Crippen molar-refractivity contribution >= 4 is 51.6 Å². The van der Waals surface area contributed by atoms with E-state index in [9.17, 15) is 9.18 Å². The Morgan fingerprint density at radius 2 is 1.94 bits per heavy atom. The van der Waals surface area contributed by atoms with Gasteiger partial charge in [-0.3, -0.25) is 9.48 Å². The second-order valence-corrected chi connectivity index (χ2v) is 7.46. The molecule has 2 aromatic carbocycles. The minimum absolute atomic E-state index is 0.00886. The van der Waals surface area contributed by atoms with Gasteiger partial charge in [0.15, 0.2) is 11.6 Å². The zero-order valence-electron chi connectivity index (χ0n) is 17.9. The molecule has 4 aromatic rings. The number of aromatic nitrogens is 4. The van der Waals surface area contributed by atoms with Crippen molar-refractivity contribution < 1.29 is 13.9 Å². The van der Waals surface area contributed by atoms with Crippen LogP contribution in [-0.2, 0) is 11.3 Å². The maximum Gasteiger partial charge on any atom is 0.229 e. The first-order valence-electron chi connectivity index (χ1n) is 10.0. The molecule has 0 aliphatic carbocycles. The van der Waals surface area contributed by atoms with E-state index >= 15 is 0 Å². The summed E-state index contributed by atoms with van der Waals surface area (Å²) in [5.74, 6) is 0.0263. The maximum atomic E-state index is 14.3. The van der Waals surface area contributed by atoms with E-state index in [-0.39, 0.29) is 17.7 Å². The van der Waals surface area contributed by atoms with Crippen LogP contribution in [0.1, 0.15) is 6.42 Å². The van der Waals surface area contributed by atoms with Gasteiger partial charge in [-0.1, -0.05) is 11.6 Å². The van der Waals surface area contributed by atoms with Gasteiger partial charge in [0.25, 0.3) is 0 Å². The third-order valence-electron chi connectivity index (χ3n) is 4.89. The van der Waals surface area contributed by atoms with E-state index in [4.69, 9.17) is 16.3 Å². The number of ether oxygens (including phenoxy) is 1. The zero-order valence-corrected chi connectivity index (χ0v) is 18.7. The first-order chi connectivity index (χ1) is 16.0. The summed E-state index contributed by atoms with van der Waals surface area (Å²) in [5, 5.41) is 14.2. The van der Waals surface area contributed by atoms with Gasteiger partial charge in [0.1, 0.15) is 5.75 Å². The highest BCUT2D eigenvalue weighted by Crippen LogP contribution is 2.29. The average molecular weight is 470 g/mol. The number of aryl methyl sites for hydroxylation is 1. The Bertz CT molecular complexity index is 1310. The number of nitrogens with one attached hydrogen (secondary N) is 3. The number of hydrogen-bond donors (Lipinski definition) is 3. The molecule has 0 fully saturated rings. The smallest absolute Gasteiger partial charge is 0.229 e. The number of anilines is 4. The molecule has 0 radical (unpaired) electrons. The van der Waals surface area contributed by atoms with Crippen LogP contribution in [0.5, 0.6) is 5.75 Å². The first kappa shape index (κ1) is 22.3. The lowest BCUT2D eigenvalue weighted by Crippen LogP contribution is -2.19. The molecule has 0 spiro atoms. The molecular formula is C22H21ClFN7O2. The summed E-state index contributed by atoms with van der Waals surface area (Å²) in [6, 6.07) is 10.6. The number of fused-ring (bicyclic) bond motifs is 1. The van der Waals surface area contributed by atoms with Crippen molar-refractivity contribution in [3.05, 3.63) is 59.6 Å². The summed E-state index contributed by atoms with van der Waals surface area (Å²) in [6.45, 7) is 0.443. The Labute approximate surface area is 193 Å². The number of carbonyl (C=O) groups is 1. The Hall–Kier alpha value is -3.92. The number of benzene rings is 2. The van der Waals surface area contributed by atoms with Crippen molar-refractivity contribution in [1.29, 1.82) is 0 Å². The lowest BCUT2D eigenvalue weighted by Gasteiger charge is -2.11. The maximum absolute atomic E-state index is 14.3. The predicted molar refractivity (Wildman–Crippen MR) is 125 cm³/mol. The second kappa shape index (κ2) is 9.70. The van der Waals surface area contributed by atoms with Gasteiger partial charge in [-0.05, 0) is 36.4 Å². The van der Waals surface area contributed by atoms with Crippen LogP contribution in [0.2, 0.25) is 5.02 Å². The van der Waals surface area contributed by atoms with Crippen LogP contribution in [0.15, 0.2) is 48.8 Å². The molecule has 0 aliphatic rings. The summed E-state index contributed by atoms with van der Waals surface area (Å²) < 4.78 is 21.2. The highest BCUT2D eigenvalue weighted by molar-refractivity contribution is 6.32. The number of nitrogens with zero attached hydrogens (tertiary/aromatic N) is 4. The van der Waals surface area contributed by atoms with E-state index in [1.807, 2.05) is 18.2 Å². The number of hydrogen-bond acceptors (Lipinski definition) is 7. The molecule has 2 aromatic heterocycles. The molecule has 4 rings (SSSR count). The van der Waals surface area contributed by atoms with Crippen molar-refractivity contribution in [1.82, 2.24) is 25.1 Å². The van der Waals surface area contributed by atoms with Crippen molar-refractivity contribution in [2.75, 3.05) is 24.8 Å². The van der Waals surface area contributed by atoms with E-state index in [2.05, 4.69) is 31.0 Å². The van der Waals surface area contributed by atoms with E-state index in [0.29, 0.717) is 35.1 Å². The van der Waals surface area contributed by atoms with Gasteiger partial charge < -0.3 is 20.7 Å². The molecule has 0 saturated carbocycles. The Kier molecular flexibility index (Phi) is 6.55. The van der Waals surface area contributed by atoms with Gasteiger partial charge in [0.05, 0.1) is 36.6 Å². The van der Waals surface area contributed by atoms with Crippen LogP contribution in [0.25, 0.3) is 10.9 Å². The fourth-order valence-corrected chi connectivity index (χ4v) is 3.44. The highest BCUT2D eigenvalue weighted by Gasteiger charge is 2.11. The summed E-state index contributed by atoms with van der Waals surface area (Å²) in [5.41, 5.74) is 2.08. The van der Waals surface area contributed by atoms with Crippen LogP contribution in [-0.4, -0.2) is 39.8 Å². The molecule has 3 N–H and O–H groups in total. The van der Waals surface area contributed by atoms with E-state index in [0.717, 1.165) is 17.1 Å². The van der Waals surface area contributed by atoms with Gasteiger partial charge in [-0.15, -0.1) is 0 Å². The topological polar surface area (TPSA) is 106 Å². The largest absolute Gasteiger partial charge is 0.495 e. The Morgan fingerprint density at radius 1 is 1.15 bits per heavy atom. The van der Waals surface area contributed by atoms with Crippen LogP contribution in [0.4, 0.5) is 27.5 Å². The Morgan fingerprint density at radius 3 is 2.70 bits per heavy atom. The molecule has 170 valence electrons. The Balaban J connectivity index is 1.54. The average Bonchev–Trinajstić information content (AvgIpc) is 3.22. The molecule has 11 heteroatoms. The molecule has 33 heavy (non-hydrogen) atoms. The molecule has 0 bridgehead atoms. The van der Waals surface area contributed by atoms with E-state index in [1.165, 1.54) is 7.11 Å². The van der Waals surface area contributed by atoms with Gasteiger partial charge in [-0.2, -0.15) is 10.1 Å². The summed E-state index contributed by atoms with van der Waals surface area (Å²) in [6.07, 6.45) is 3.13. The third-order valence-corrected chi connectivity index (χ3v) is 5.18. The molecule has 0 unspecified atom stereocenters. The molecule has 9 nitrogen and oxygen atoms in total. The van der Waals surface area contributed by atoms with Crippen molar-refractivity contribution in [3.8, 4) is 5.75 Å². The fourth-order valence-electron chi connectivity index (χ4n) is 3.18. The number of carbonyl (C=O) groups excluding carboxylic acids is 1. The van der Waals surface area contributed by atoms with Crippen molar-refractivity contribution in [2.24, 2.45) is 0 Å². The number of rotatable bonds is 8. The van der Waals surface area contributed by atoms with E-state index < -0.39 is 5.82 Å². The molecular weight excluding hydrogens is 449 g/mol. The second-order valence-electron chi connectivity index (χ2n) is 7.05. The van der Waals surface area contributed by atoms with Crippen LogP contribution in [0, 0.1) is 5.82 Å². The number of halogens is 2. The van der Waals surface area contributed by atoms with Crippen LogP contribution in [0.3, 0.4) is 0 Å². The van der Waals surface area contributed by atoms with Gasteiger partial charge in [0.2, 0.25) is 11.9 Å². The number of amides is 1. The lowest BCUT2D eigenvalue weighted by atomic mass is 10.2. The van der Waals surface area contributed by atoms with Gasteiger partial charge in [0, 0.05) is 30.2 Å². The summed E-state index contributed by atoms with van der Waals surface area (Å²) >= 11 is 6.14. The SMILES string of the molecule is CNC(=O)CCn1ncc2ccc(Nc3ncc(F)c(Nc4ccc(OC)c(Cl)c4)n3)cc21. The van der Waals surface area contributed by atoms with Crippen LogP contribution >= 0.6 is 11.6 Å². The normalized spacial score (nSPS) is 10.8.